The smallest absolute Gasteiger partial charge is 0.104 e. The largest absolute Gasteiger partial charge is 0.396 e. The maximum Gasteiger partial charge on any atom is 0.104 e. The molecule has 1 aliphatic heterocycles. The highest BCUT2D eigenvalue weighted by Crippen LogP contribution is 2.19. The van der Waals surface area contributed by atoms with Crippen LogP contribution in [-0.2, 0) is 0 Å². The number of nitrogens with zero attached hydrogens (tertiary/aromatic N) is 1. The molecule has 0 radical (unpaired) electrons. The van der Waals surface area contributed by atoms with Crippen molar-refractivity contribution in [1.29, 1.82) is 0 Å². The molecule has 0 aromatic heterocycles. The zero-order valence-electron chi connectivity index (χ0n) is 5.70. The van der Waals surface area contributed by atoms with Crippen molar-refractivity contribution in [3.05, 3.63) is 12.2 Å². The molecule has 1 rings (SSSR count). The molecule has 56 valence electrons. The van der Waals surface area contributed by atoms with Crippen molar-refractivity contribution in [3.63, 3.8) is 0 Å². The van der Waals surface area contributed by atoms with Gasteiger partial charge in [0.25, 0.3) is 0 Å². The van der Waals surface area contributed by atoms with Gasteiger partial charge in [0.05, 0.1) is 6.61 Å². The van der Waals surface area contributed by atoms with Gasteiger partial charge in [-0.2, -0.15) is 0 Å². The number of allylic oxidation sites excluding steroid dienone is 1. The second-order valence-corrected chi connectivity index (χ2v) is 2.37. The third kappa shape index (κ3) is 1.25. The van der Waals surface area contributed by atoms with E-state index in [1.165, 1.54) is 0 Å². The average Bonchev–Trinajstić information content (AvgIpc) is 2.39. The van der Waals surface area contributed by atoms with Gasteiger partial charge < -0.3 is 10.2 Å². The first-order chi connectivity index (χ1) is 4.83. The topological polar surface area (TPSA) is 52.8 Å². The van der Waals surface area contributed by atoms with Crippen LogP contribution in [0.15, 0.2) is 17.1 Å². The summed E-state index contributed by atoms with van der Waals surface area (Å²) in [5, 5.41) is 17.5. The van der Waals surface area contributed by atoms with Crippen LogP contribution in [-0.4, -0.2) is 35.2 Å². The van der Waals surface area contributed by atoms with E-state index in [-0.39, 0.29) is 13.2 Å². The summed E-state index contributed by atoms with van der Waals surface area (Å²) in [7, 11) is 0. The Morgan fingerprint density at radius 3 is 2.60 bits per heavy atom. The molecule has 0 aromatic carbocycles. The molecular weight excluding hydrogens is 130 g/mol. The molecule has 0 aliphatic carbocycles. The Hall–Kier alpha value is -0.670. The molecule has 1 aliphatic rings. The molecule has 2 N–H and O–H groups in total. The molecule has 0 fully saturated rings. The van der Waals surface area contributed by atoms with Gasteiger partial charge in [-0.3, -0.25) is 4.99 Å². The van der Waals surface area contributed by atoms with Crippen LogP contribution >= 0.6 is 0 Å². The van der Waals surface area contributed by atoms with Crippen molar-refractivity contribution in [3.8, 4) is 0 Å². The van der Waals surface area contributed by atoms with Gasteiger partial charge in [0.2, 0.25) is 0 Å². The number of aliphatic imine (C=N–C) groups is 1. The SMILES string of the molecule is OCCC1(CO)C=CC=N1. The Morgan fingerprint density at radius 2 is 2.20 bits per heavy atom. The molecule has 10 heavy (non-hydrogen) atoms. The van der Waals surface area contributed by atoms with Crippen molar-refractivity contribution in [1.82, 2.24) is 0 Å². The molecule has 3 nitrogen and oxygen atoms in total. The summed E-state index contributed by atoms with van der Waals surface area (Å²) < 4.78 is 0. The van der Waals surface area contributed by atoms with Crippen molar-refractivity contribution < 1.29 is 10.2 Å². The quantitative estimate of drug-likeness (QED) is 0.569. The third-order valence-corrected chi connectivity index (χ3v) is 1.64. The van der Waals surface area contributed by atoms with Crippen LogP contribution in [0.4, 0.5) is 0 Å². The summed E-state index contributed by atoms with van der Waals surface area (Å²) >= 11 is 0. The van der Waals surface area contributed by atoms with Crippen LogP contribution in [0.1, 0.15) is 6.42 Å². The second kappa shape index (κ2) is 2.94. The number of rotatable bonds is 3. The summed E-state index contributed by atoms with van der Waals surface area (Å²) in [5.74, 6) is 0. The first-order valence-electron chi connectivity index (χ1n) is 3.28. The van der Waals surface area contributed by atoms with Crippen LogP contribution in [0.25, 0.3) is 0 Å². The van der Waals surface area contributed by atoms with Crippen molar-refractivity contribution >= 4 is 6.21 Å². The first kappa shape index (κ1) is 7.44. The first-order valence-corrected chi connectivity index (χ1v) is 3.28. The molecule has 0 saturated carbocycles. The van der Waals surface area contributed by atoms with Crippen LogP contribution < -0.4 is 0 Å². The summed E-state index contributed by atoms with van der Waals surface area (Å²) in [4.78, 5) is 4.03. The predicted molar refractivity (Wildman–Crippen MR) is 39.2 cm³/mol. The normalized spacial score (nSPS) is 29.8. The molecular formula is C7H11NO2. The van der Waals surface area contributed by atoms with E-state index in [4.69, 9.17) is 10.2 Å². The summed E-state index contributed by atoms with van der Waals surface area (Å²) in [6.07, 6.45) is 5.73. The Labute approximate surface area is 59.7 Å². The Balaban J connectivity index is 2.60. The standard InChI is InChI=1S/C7H11NO2/c9-5-3-7(6-10)2-1-4-8-7/h1-2,4,9-10H,3,5-6H2. The van der Waals surface area contributed by atoms with Crippen LogP contribution in [0.2, 0.25) is 0 Å². The average molecular weight is 141 g/mol. The zero-order valence-corrected chi connectivity index (χ0v) is 5.70. The Bertz CT molecular complexity index is 151. The molecule has 0 amide bonds. The van der Waals surface area contributed by atoms with E-state index in [0.717, 1.165) is 0 Å². The molecule has 3 heteroatoms. The highest BCUT2D eigenvalue weighted by Gasteiger charge is 2.25. The van der Waals surface area contributed by atoms with Gasteiger partial charge in [-0.05, 0) is 6.08 Å². The minimum Gasteiger partial charge on any atom is -0.396 e. The lowest BCUT2D eigenvalue weighted by atomic mass is 9.99. The summed E-state index contributed by atoms with van der Waals surface area (Å²) in [6.45, 7) is 0.0306. The van der Waals surface area contributed by atoms with Gasteiger partial charge in [-0.15, -0.1) is 0 Å². The fraction of sp³-hybridized carbons (Fsp3) is 0.571. The fourth-order valence-electron chi connectivity index (χ4n) is 0.971. The maximum atomic E-state index is 8.87. The summed E-state index contributed by atoms with van der Waals surface area (Å²) in [5.41, 5.74) is -0.519. The number of hydrogen-bond acceptors (Lipinski definition) is 3. The Morgan fingerprint density at radius 1 is 1.40 bits per heavy atom. The van der Waals surface area contributed by atoms with Gasteiger partial charge in [0.15, 0.2) is 0 Å². The Kier molecular flexibility index (Phi) is 2.19. The van der Waals surface area contributed by atoms with Crippen LogP contribution in [0.3, 0.4) is 0 Å². The van der Waals surface area contributed by atoms with Crippen LogP contribution in [0, 0.1) is 0 Å². The van der Waals surface area contributed by atoms with E-state index in [1.54, 1.807) is 12.3 Å². The maximum absolute atomic E-state index is 8.87. The van der Waals surface area contributed by atoms with E-state index in [0.29, 0.717) is 6.42 Å². The fourth-order valence-corrected chi connectivity index (χ4v) is 0.971. The molecule has 1 atom stereocenters. The van der Waals surface area contributed by atoms with Crippen molar-refractivity contribution in [2.75, 3.05) is 13.2 Å². The highest BCUT2D eigenvalue weighted by molar-refractivity contribution is 5.75. The third-order valence-electron chi connectivity index (χ3n) is 1.64. The van der Waals surface area contributed by atoms with E-state index in [2.05, 4.69) is 4.99 Å². The van der Waals surface area contributed by atoms with E-state index >= 15 is 0 Å². The van der Waals surface area contributed by atoms with E-state index in [1.807, 2.05) is 6.08 Å². The summed E-state index contributed by atoms with van der Waals surface area (Å²) in [6, 6.07) is 0. The lowest BCUT2D eigenvalue weighted by Crippen LogP contribution is -2.28. The second-order valence-electron chi connectivity index (χ2n) is 2.37. The van der Waals surface area contributed by atoms with Gasteiger partial charge in [0.1, 0.15) is 5.54 Å². The molecule has 1 unspecified atom stereocenters. The van der Waals surface area contributed by atoms with Crippen molar-refractivity contribution in [2.45, 2.75) is 12.0 Å². The van der Waals surface area contributed by atoms with Gasteiger partial charge in [-0.1, -0.05) is 6.08 Å². The minimum atomic E-state index is -0.519. The highest BCUT2D eigenvalue weighted by atomic mass is 16.3. The van der Waals surface area contributed by atoms with Gasteiger partial charge in [-0.25, -0.2) is 0 Å². The molecule has 0 bridgehead atoms. The van der Waals surface area contributed by atoms with Gasteiger partial charge >= 0.3 is 0 Å². The molecule has 1 heterocycles. The zero-order chi connectivity index (χ0) is 7.45. The van der Waals surface area contributed by atoms with E-state index < -0.39 is 5.54 Å². The van der Waals surface area contributed by atoms with Gasteiger partial charge in [0, 0.05) is 19.2 Å². The molecule has 0 aromatic rings. The molecule has 0 saturated heterocycles. The predicted octanol–water partition coefficient (Wildman–Crippen LogP) is -0.260. The monoisotopic (exact) mass is 141 g/mol. The van der Waals surface area contributed by atoms with Crippen LogP contribution in [0.5, 0.6) is 0 Å². The molecule has 0 spiro atoms. The number of hydrogen-bond donors (Lipinski definition) is 2. The minimum absolute atomic E-state index is 0.0272. The number of aliphatic hydroxyl groups excluding tert-OH is 2. The lowest BCUT2D eigenvalue weighted by Gasteiger charge is -2.19. The van der Waals surface area contributed by atoms with E-state index in [9.17, 15) is 0 Å². The van der Waals surface area contributed by atoms with Crippen molar-refractivity contribution in [2.24, 2.45) is 4.99 Å². The lowest BCUT2D eigenvalue weighted by molar-refractivity contribution is 0.188. The number of aliphatic hydroxyl groups is 2.